The quantitative estimate of drug-likeness (QED) is 0.708. The van der Waals surface area contributed by atoms with Gasteiger partial charge in [0.2, 0.25) is 0 Å². The zero-order chi connectivity index (χ0) is 19.1. The molecule has 0 bridgehead atoms. The molecule has 0 aliphatic rings. The van der Waals surface area contributed by atoms with E-state index in [1.54, 1.807) is 30.3 Å². The van der Waals surface area contributed by atoms with Crippen molar-refractivity contribution in [2.75, 3.05) is 13.7 Å². The minimum atomic E-state index is -0.550. The third-order valence-corrected chi connectivity index (χ3v) is 3.70. The lowest BCUT2D eigenvalue weighted by atomic mass is 10.1. The van der Waals surface area contributed by atoms with Crippen LogP contribution >= 0.6 is 0 Å². The topological polar surface area (TPSA) is 96.5 Å². The van der Waals surface area contributed by atoms with Gasteiger partial charge in [-0.05, 0) is 37.6 Å². The highest BCUT2D eigenvalue weighted by Crippen LogP contribution is 2.16. The van der Waals surface area contributed by atoms with E-state index in [4.69, 9.17) is 4.74 Å². The summed E-state index contributed by atoms with van der Waals surface area (Å²) in [6.07, 6.45) is 0. The van der Waals surface area contributed by atoms with Crippen LogP contribution in [0.4, 0.5) is 0 Å². The zero-order valence-electron chi connectivity index (χ0n) is 14.9. The molecule has 3 N–H and O–H groups in total. The Morgan fingerprint density at radius 3 is 2.35 bits per heavy atom. The van der Waals surface area contributed by atoms with Crippen LogP contribution in [-0.4, -0.2) is 31.4 Å². The number of carbonyl (C=O) groups excluding carboxylic acids is 3. The fourth-order valence-electron chi connectivity index (χ4n) is 2.39. The molecule has 0 radical (unpaired) electrons. The standard InChI is InChI=1S/C19H21N3O4/c1-12-8-9-14(13(2)10-12)19(25)22-21-17(23)11-20-18(24)15-6-4-5-7-16(15)26-3/h4-10H,11H2,1-3H3,(H,20,24)(H,21,23)(H,22,25). The minimum absolute atomic E-state index is 0.288. The maximum Gasteiger partial charge on any atom is 0.269 e. The molecule has 0 saturated heterocycles. The van der Waals surface area contributed by atoms with Crippen molar-refractivity contribution >= 4 is 17.7 Å². The van der Waals surface area contributed by atoms with Gasteiger partial charge in [0.15, 0.2) is 0 Å². The Hall–Kier alpha value is -3.35. The molecule has 136 valence electrons. The van der Waals surface area contributed by atoms with Crippen molar-refractivity contribution in [3.05, 3.63) is 64.7 Å². The highest BCUT2D eigenvalue weighted by atomic mass is 16.5. The van der Waals surface area contributed by atoms with E-state index in [1.165, 1.54) is 7.11 Å². The molecular formula is C19H21N3O4. The molecule has 0 heterocycles. The highest BCUT2D eigenvalue weighted by Gasteiger charge is 2.14. The lowest BCUT2D eigenvalue weighted by Gasteiger charge is -2.11. The zero-order valence-corrected chi connectivity index (χ0v) is 14.9. The molecule has 0 saturated carbocycles. The van der Waals surface area contributed by atoms with E-state index in [0.29, 0.717) is 16.9 Å². The van der Waals surface area contributed by atoms with Gasteiger partial charge in [0.25, 0.3) is 17.7 Å². The van der Waals surface area contributed by atoms with E-state index in [9.17, 15) is 14.4 Å². The highest BCUT2D eigenvalue weighted by molar-refractivity contribution is 5.99. The number of aryl methyl sites for hydroxylation is 2. The summed E-state index contributed by atoms with van der Waals surface area (Å²) in [7, 11) is 1.46. The Morgan fingerprint density at radius 1 is 0.923 bits per heavy atom. The number of methoxy groups -OCH3 is 1. The second kappa shape index (κ2) is 8.66. The van der Waals surface area contributed by atoms with Gasteiger partial charge in [-0.15, -0.1) is 0 Å². The monoisotopic (exact) mass is 355 g/mol. The van der Waals surface area contributed by atoms with Gasteiger partial charge < -0.3 is 10.1 Å². The average Bonchev–Trinajstić information content (AvgIpc) is 2.64. The normalized spacial score (nSPS) is 9.96. The SMILES string of the molecule is COc1ccccc1C(=O)NCC(=O)NNC(=O)c1ccc(C)cc1C. The van der Waals surface area contributed by atoms with Crippen molar-refractivity contribution < 1.29 is 19.1 Å². The molecule has 0 aliphatic heterocycles. The van der Waals surface area contributed by atoms with E-state index in [2.05, 4.69) is 16.2 Å². The van der Waals surface area contributed by atoms with Gasteiger partial charge in [-0.2, -0.15) is 0 Å². The van der Waals surface area contributed by atoms with Crippen LogP contribution in [0.2, 0.25) is 0 Å². The van der Waals surface area contributed by atoms with Gasteiger partial charge >= 0.3 is 0 Å². The van der Waals surface area contributed by atoms with Crippen molar-refractivity contribution in [1.29, 1.82) is 0 Å². The molecule has 7 heteroatoms. The predicted molar refractivity (Wildman–Crippen MR) is 96.9 cm³/mol. The summed E-state index contributed by atoms with van der Waals surface area (Å²) < 4.78 is 5.10. The first-order chi connectivity index (χ1) is 12.4. The van der Waals surface area contributed by atoms with Crippen molar-refractivity contribution in [2.24, 2.45) is 0 Å². The number of hydrazine groups is 1. The third kappa shape index (κ3) is 4.83. The number of amides is 3. The van der Waals surface area contributed by atoms with Gasteiger partial charge in [-0.3, -0.25) is 25.2 Å². The van der Waals surface area contributed by atoms with Crippen LogP contribution < -0.4 is 20.9 Å². The maximum absolute atomic E-state index is 12.1. The molecule has 7 nitrogen and oxygen atoms in total. The number of hydrogen-bond donors (Lipinski definition) is 3. The van der Waals surface area contributed by atoms with Gasteiger partial charge in [0, 0.05) is 5.56 Å². The van der Waals surface area contributed by atoms with E-state index in [-0.39, 0.29) is 6.54 Å². The van der Waals surface area contributed by atoms with Crippen LogP contribution in [0, 0.1) is 13.8 Å². The molecular weight excluding hydrogens is 334 g/mol. The van der Waals surface area contributed by atoms with Crippen LogP contribution in [0.3, 0.4) is 0 Å². The minimum Gasteiger partial charge on any atom is -0.496 e. The Labute approximate surface area is 151 Å². The van der Waals surface area contributed by atoms with E-state index in [1.807, 2.05) is 26.0 Å². The van der Waals surface area contributed by atoms with Crippen LogP contribution in [0.15, 0.2) is 42.5 Å². The summed E-state index contributed by atoms with van der Waals surface area (Å²) in [5.41, 5.74) is 7.24. The first-order valence-corrected chi connectivity index (χ1v) is 8.00. The van der Waals surface area contributed by atoms with Gasteiger partial charge in [-0.1, -0.05) is 29.8 Å². The van der Waals surface area contributed by atoms with E-state index in [0.717, 1.165) is 11.1 Å². The summed E-state index contributed by atoms with van der Waals surface area (Å²) in [5.74, 6) is -1.01. The number of hydrogen-bond acceptors (Lipinski definition) is 4. The van der Waals surface area contributed by atoms with Crippen molar-refractivity contribution in [3.8, 4) is 5.75 Å². The molecule has 2 rings (SSSR count). The molecule has 0 aliphatic carbocycles. The first-order valence-electron chi connectivity index (χ1n) is 8.00. The Morgan fingerprint density at radius 2 is 1.65 bits per heavy atom. The molecule has 0 atom stereocenters. The predicted octanol–water partition coefficient (Wildman–Crippen LogP) is 1.50. The lowest BCUT2D eigenvalue weighted by Crippen LogP contribution is -2.46. The van der Waals surface area contributed by atoms with Crippen molar-refractivity contribution in [1.82, 2.24) is 16.2 Å². The molecule has 0 unspecified atom stereocenters. The summed E-state index contributed by atoms with van der Waals surface area (Å²) in [6.45, 7) is 3.46. The summed E-state index contributed by atoms with van der Waals surface area (Å²) >= 11 is 0. The van der Waals surface area contributed by atoms with Crippen LogP contribution in [0.5, 0.6) is 5.75 Å². The summed E-state index contributed by atoms with van der Waals surface area (Å²) in [5, 5.41) is 2.47. The molecule has 0 aromatic heterocycles. The van der Waals surface area contributed by atoms with Crippen LogP contribution in [0.1, 0.15) is 31.8 Å². The van der Waals surface area contributed by atoms with Gasteiger partial charge in [-0.25, -0.2) is 0 Å². The van der Waals surface area contributed by atoms with Crippen molar-refractivity contribution in [3.63, 3.8) is 0 Å². The molecule has 0 fully saturated rings. The van der Waals surface area contributed by atoms with Gasteiger partial charge in [0.05, 0.1) is 19.2 Å². The fourth-order valence-corrected chi connectivity index (χ4v) is 2.39. The van der Waals surface area contributed by atoms with Crippen LogP contribution in [-0.2, 0) is 4.79 Å². The smallest absolute Gasteiger partial charge is 0.269 e. The number of benzene rings is 2. The molecule has 0 spiro atoms. The largest absolute Gasteiger partial charge is 0.496 e. The van der Waals surface area contributed by atoms with E-state index < -0.39 is 17.7 Å². The number of rotatable bonds is 5. The third-order valence-electron chi connectivity index (χ3n) is 3.70. The second-order valence-corrected chi connectivity index (χ2v) is 5.70. The van der Waals surface area contributed by atoms with E-state index >= 15 is 0 Å². The number of ether oxygens (including phenoxy) is 1. The first kappa shape index (κ1) is 19.0. The Balaban J connectivity index is 1.85. The van der Waals surface area contributed by atoms with Crippen molar-refractivity contribution in [2.45, 2.75) is 13.8 Å². The Bertz CT molecular complexity index is 833. The average molecular weight is 355 g/mol. The lowest BCUT2D eigenvalue weighted by molar-refractivity contribution is -0.120. The molecule has 3 amide bonds. The maximum atomic E-state index is 12.1. The number of para-hydroxylation sites is 1. The van der Waals surface area contributed by atoms with Gasteiger partial charge in [0.1, 0.15) is 5.75 Å². The number of carbonyl (C=O) groups is 3. The van der Waals surface area contributed by atoms with Crippen LogP contribution in [0.25, 0.3) is 0 Å². The molecule has 2 aromatic rings. The number of nitrogens with one attached hydrogen (secondary N) is 3. The Kier molecular flexibility index (Phi) is 6.32. The molecule has 2 aromatic carbocycles. The second-order valence-electron chi connectivity index (χ2n) is 5.70. The molecule has 26 heavy (non-hydrogen) atoms. The fraction of sp³-hybridized carbons (Fsp3) is 0.211. The summed E-state index contributed by atoms with van der Waals surface area (Å²) in [6, 6.07) is 12.1. The summed E-state index contributed by atoms with van der Waals surface area (Å²) in [4.78, 5) is 36.0.